The van der Waals surface area contributed by atoms with E-state index in [-0.39, 0.29) is 11.7 Å². The summed E-state index contributed by atoms with van der Waals surface area (Å²) in [4.78, 5) is 8.95. The van der Waals surface area contributed by atoms with Gasteiger partial charge in [-0.15, -0.1) is 0 Å². The third-order valence-corrected chi connectivity index (χ3v) is 3.83. The number of aryl methyl sites for hydroxylation is 2. The van der Waals surface area contributed by atoms with E-state index in [0.717, 1.165) is 35.7 Å². The van der Waals surface area contributed by atoms with E-state index in [1.807, 2.05) is 27.8 Å². The van der Waals surface area contributed by atoms with Crippen LogP contribution in [0.3, 0.4) is 0 Å². The topological polar surface area (TPSA) is 74.1 Å². The van der Waals surface area contributed by atoms with Crippen LogP contribution in [0, 0.1) is 6.92 Å². The zero-order valence-electron chi connectivity index (χ0n) is 13.6. The number of fused-ring (bicyclic) bond motifs is 1. The van der Waals surface area contributed by atoms with Crippen LogP contribution in [0.4, 0.5) is 5.82 Å². The zero-order chi connectivity index (χ0) is 15.7. The Balaban J connectivity index is 1.83. The molecule has 1 unspecified atom stereocenters. The molecule has 2 aromatic rings. The number of aromatic nitrogens is 4. The highest BCUT2D eigenvalue weighted by Gasteiger charge is 2.37. The van der Waals surface area contributed by atoms with Gasteiger partial charge in [-0.25, -0.2) is 9.97 Å². The number of hydrogen-bond donors (Lipinski definition) is 1. The SMILES string of the molecule is Cc1nc(NCC2(OC(C)C)CCOC2)c2cnn(C)c2n1. The number of nitrogens with zero attached hydrogens (tertiary/aromatic N) is 4. The van der Waals surface area contributed by atoms with E-state index >= 15 is 0 Å². The van der Waals surface area contributed by atoms with Gasteiger partial charge in [0, 0.05) is 26.6 Å². The van der Waals surface area contributed by atoms with Gasteiger partial charge in [-0.2, -0.15) is 5.10 Å². The van der Waals surface area contributed by atoms with E-state index in [1.54, 1.807) is 10.9 Å². The van der Waals surface area contributed by atoms with Crippen molar-refractivity contribution in [3.63, 3.8) is 0 Å². The van der Waals surface area contributed by atoms with E-state index < -0.39 is 0 Å². The minimum absolute atomic E-state index is 0.161. The molecule has 22 heavy (non-hydrogen) atoms. The van der Waals surface area contributed by atoms with Crippen LogP contribution >= 0.6 is 0 Å². The van der Waals surface area contributed by atoms with E-state index in [0.29, 0.717) is 13.2 Å². The van der Waals surface area contributed by atoms with Crippen molar-refractivity contribution in [3.8, 4) is 0 Å². The van der Waals surface area contributed by atoms with Crippen LogP contribution in [0.5, 0.6) is 0 Å². The van der Waals surface area contributed by atoms with Crippen LogP contribution in [0.1, 0.15) is 26.1 Å². The minimum Gasteiger partial charge on any atom is -0.378 e. The average molecular weight is 305 g/mol. The second kappa shape index (κ2) is 5.81. The predicted octanol–water partition coefficient (Wildman–Crippen LogP) is 1.67. The fourth-order valence-electron chi connectivity index (χ4n) is 2.87. The summed E-state index contributed by atoms with van der Waals surface area (Å²) in [5.74, 6) is 1.52. The summed E-state index contributed by atoms with van der Waals surface area (Å²) in [6.45, 7) is 7.99. The molecule has 1 atom stereocenters. The lowest BCUT2D eigenvalue weighted by Crippen LogP contribution is -2.42. The fourth-order valence-corrected chi connectivity index (χ4v) is 2.87. The molecule has 1 fully saturated rings. The summed E-state index contributed by atoms with van der Waals surface area (Å²) in [5.41, 5.74) is 0.540. The molecule has 120 valence electrons. The number of rotatable bonds is 5. The molecular weight excluding hydrogens is 282 g/mol. The van der Waals surface area contributed by atoms with Crippen LogP contribution in [-0.2, 0) is 16.5 Å². The van der Waals surface area contributed by atoms with Gasteiger partial charge in [0.15, 0.2) is 5.65 Å². The van der Waals surface area contributed by atoms with Gasteiger partial charge in [0.25, 0.3) is 0 Å². The third-order valence-electron chi connectivity index (χ3n) is 3.83. The van der Waals surface area contributed by atoms with Crippen molar-refractivity contribution in [1.82, 2.24) is 19.7 Å². The first-order valence-electron chi connectivity index (χ1n) is 7.65. The molecule has 0 bridgehead atoms. The lowest BCUT2D eigenvalue weighted by Gasteiger charge is -2.30. The molecular formula is C15H23N5O2. The van der Waals surface area contributed by atoms with E-state index in [4.69, 9.17) is 9.47 Å². The van der Waals surface area contributed by atoms with Gasteiger partial charge >= 0.3 is 0 Å². The number of ether oxygens (including phenoxy) is 2. The van der Waals surface area contributed by atoms with Crippen molar-refractivity contribution >= 4 is 16.9 Å². The molecule has 0 spiro atoms. The average Bonchev–Trinajstić information content (AvgIpc) is 3.04. The summed E-state index contributed by atoms with van der Waals surface area (Å²) in [6.07, 6.45) is 2.84. The van der Waals surface area contributed by atoms with Crippen LogP contribution < -0.4 is 5.32 Å². The standard InChI is InChI=1S/C15H23N5O2/c1-10(2)22-15(5-6-21-9-15)8-16-13-12-7-17-20(4)14(12)19-11(3)18-13/h7,10H,5-6,8-9H2,1-4H3,(H,16,18,19). The molecule has 1 aliphatic rings. The molecule has 1 aliphatic heterocycles. The minimum atomic E-state index is -0.290. The van der Waals surface area contributed by atoms with E-state index in [1.165, 1.54) is 0 Å². The normalized spacial score (nSPS) is 21.9. The summed E-state index contributed by atoms with van der Waals surface area (Å²) in [5, 5.41) is 8.60. The maximum atomic E-state index is 6.12. The molecule has 0 aromatic carbocycles. The summed E-state index contributed by atoms with van der Waals surface area (Å²) < 4.78 is 13.4. The van der Waals surface area contributed by atoms with Crippen molar-refractivity contribution in [2.24, 2.45) is 7.05 Å². The second-order valence-electron chi connectivity index (χ2n) is 6.13. The molecule has 0 saturated carbocycles. The van der Waals surface area contributed by atoms with Crippen molar-refractivity contribution in [2.75, 3.05) is 25.1 Å². The van der Waals surface area contributed by atoms with Crippen molar-refractivity contribution in [1.29, 1.82) is 0 Å². The molecule has 7 heteroatoms. The lowest BCUT2D eigenvalue weighted by atomic mass is 10.0. The molecule has 3 rings (SSSR count). The maximum Gasteiger partial charge on any atom is 0.163 e. The highest BCUT2D eigenvalue weighted by Crippen LogP contribution is 2.27. The van der Waals surface area contributed by atoms with Crippen LogP contribution in [0.15, 0.2) is 6.20 Å². The summed E-state index contributed by atoms with van der Waals surface area (Å²) >= 11 is 0. The zero-order valence-corrected chi connectivity index (χ0v) is 13.6. The third kappa shape index (κ3) is 2.91. The Morgan fingerprint density at radius 2 is 2.27 bits per heavy atom. The van der Waals surface area contributed by atoms with Gasteiger partial charge in [-0.05, 0) is 20.8 Å². The molecule has 0 amide bonds. The van der Waals surface area contributed by atoms with Gasteiger partial charge in [0.2, 0.25) is 0 Å². The van der Waals surface area contributed by atoms with Crippen molar-refractivity contribution < 1.29 is 9.47 Å². The largest absolute Gasteiger partial charge is 0.378 e. The van der Waals surface area contributed by atoms with Gasteiger partial charge in [-0.1, -0.05) is 0 Å². The van der Waals surface area contributed by atoms with Gasteiger partial charge in [0.05, 0.1) is 24.3 Å². The molecule has 1 saturated heterocycles. The second-order valence-corrected chi connectivity index (χ2v) is 6.13. The van der Waals surface area contributed by atoms with Crippen molar-refractivity contribution in [2.45, 2.75) is 38.9 Å². The van der Waals surface area contributed by atoms with Crippen LogP contribution in [-0.4, -0.2) is 51.2 Å². The van der Waals surface area contributed by atoms with E-state index in [9.17, 15) is 0 Å². The molecule has 0 radical (unpaired) electrons. The first kappa shape index (κ1) is 15.2. The van der Waals surface area contributed by atoms with Crippen LogP contribution in [0.25, 0.3) is 11.0 Å². The molecule has 1 N–H and O–H groups in total. The highest BCUT2D eigenvalue weighted by molar-refractivity contribution is 5.86. The van der Waals surface area contributed by atoms with Crippen molar-refractivity contribution in [3.05, 3.63) is 12.0 Å². The predicted molar refractivity (Wildman–Crippen MR) is 83.9 cm³/mol. The Hall–Kier alpha value is -1.73. The Bertz CT molecular complexity index is 661. The number of hydrogen-bond acceptors (Lipinski definition) is 6. The lowest BCUT2D eigenvalue weighted by molar-refractivity contribution is -0.0729. The number of anilines is 1. The Morgan fingerprint density at radius 1 is 1.45 bits per heavy atom. The first-order valence-corrected chi connectivity index (χ1v) is 7.65. The van der Waals surface area contributed by atoms with E-state index in [2.05, 4.69) is 20.4 Å². The summed E-state index contributed by atoms with van der Waals surface area (Å²) in [6, 6.07) is 0. The molecule has 0 aliphatic carbocycles. The smallest absolute Gasteiger partial charge is 0.163 e. The number of nitrogens with one attached hydrogen (secondary N) is 1. The monoisotopic (exact) mass is 305 g/mol. The molecule has 2 aromatic heterocycles. The quantitative estimate of drug-likeness (QED) is 0.906. The maximum absolute atomic E-state index is 6.12. The first-order chi connectivity index (χ1) is 10.5. The molecule has 3 heterocycles. The fraction of sp³-hybridized carbons (Fsp3) is 0.667. The summed E-state index contributed by atoms with van der Waals surface area (Å²) in [7, 11) is 1.88. The Kier molecular flexibility index (Phi) is 4.01. The molecule has 7 nitrogen and oxygen atoms in total. The Labute approximate surface area is 130 Å². The highest BCUT2D eigenvalue weighted by atomic mass is 16.6. The van der Waals surface area contributed by atoms with Gasteiger partial charge in [0.1, 0.15) is 17.2 Å². The van der Waals surface area contributed by atoms with Crippen LogP contribution in [0.2, 0.25) is 0 Å². The van der Waals surface area contributed by atoms with Gasteiger partial charge in [-0.3, -0.25) is 4.68 Å². The Morgan fingerprint density at radius 3 is 2.95 bits per heavy atom. The van der Waals surface area contributed by atoms with Gasteiger partial charge < -0.3 is 14.8 Å².